The zero-order valence-corrected chi connectivity index (χ0v) is 16.8. The third-order valence-corrected chi connectivity index (χ3v) is 6.44. The molecule has 146 valence electrons. The fourth-order valence-electron chi connectivity index (χ4n) is 5.13. The minimum absolute atomic E-state index is 0.0553. The van der Waals surface area contributed by atoms with Crippen molar-refractivity contribution in [3.05, 3.63) is 64.8 Å². The molecule has 0 aliphatic carbocycles. The molecule has 0 radical (unpaired) electrons. The Morgan fingerprint density at radius 2 is 2.00 bits per heavy atom. The van der Waals surface area contributed by atoms with E-state index in [0.717, 1.165) is 51.4 Å². The Morgan fingerprint density at radius 3 is 2.86 bits per heavy atom. The Labute approximate surface area is 166 Å². The van der Waals surface area contributed by atoms with E-state index < -0.39 is 0 Å². The highest BCUT2D eigenvalue weighted by Crippen LogP contribution is 2.40. The SMILES string of the molecule is Cc1cc(C)c2[nH]c3c(c2c1)CCNC31CCN(CCOc2ccccc2)C1. The maximum atomic E-state index is 5.92. The standard InChI is InChI=1S/C24H29N3O/c1-17-14-18(2)22-21(15-17)20-8-10-25-24(23(20)26-22)9-11-27(16-24)12-13-28-19-6-4-3-5-7-19/h3-7,14-15,25-26H,8-13,16H2,1-2H3. The van der Waals surface area contributed by atoms with E-state index in [2.05, 4.69) is 41.2 Å². The van der Waals surface area contributed by atoms with Gasteiger partial charge in [0.25, 0.3) is 0 Å². The molecule has 2 aliphatic heterocycles. The molecule has 2 N–H and O–H groups in total. The number of rotatable bonds is 4. The molecule has 1 spiro atoms. The highest BCUT2D eigenvalue weighted by molar-refractivity contribution is 5.88. The second-order valence-corrected chi connectivity index (χ2v) is 8.43. The first-order chi connectivity index (χ1) is 13.6. The van der Waals surface area contributed by atoms with Crippen LogP contribution in [0.25, 0.3) is 10.9 Å². The zero-order valence-electron chi connectivity index (χ0n) is 16.8. The van der Waals surface area contributed by atoms with Gasteiger partial charge in [0.2, 0.25) is 0 Å². The molecule has 5 rings (SSSR count). The van der Waals surface area contributed by atoms with Crippen LogP contribution in [-0.2, 0) is 12.0 Å². The van der Waals surface area contributed by atoms with Gasteiger partial charge < -0.3 is 15.0 Å². The summed E-state index contributed by atoms with van der Waals surface area (Å²) in [6.45, 7) is 9.33. The number of aromatic nitrogens is 1. The molecule has 4 nitrogen and oxygen atoms in total. The first kappa shape index (κ1) is 17.8. The molecule has 2 aromatic carbocycles. The number of para-hydroxylation sites is 1. The van der Waals surface area contributed by atoms with E-state index in [4.69, 9.17) is 4.74 Å². The summed E-state index contributed by atoms with van der Waals surface area (Å²) in [5, 5.41) is 5.30. The molecule has 0 saturated carbocycles. The lowest BCUT2D eigenvalue weighted by Crippen LogP contribution is -2.49. The van der Waals surface area contributed by atoms with Gasteiger partial charge in [0.05, 0.1) is 5.54 Å². The number of nitrogens with one attached hydrogen (secondary N) is 2. The van der Waals surface area contributed by atoms with Gasteiger partial charge in [-0.25, -0.2) is 0 Å². The van der Waals surface area contributed by atoms with E-state index in [1.807, 2.05) is 30.3 Å². The number of benzene rings is 2. The van der Waals surface area contributed by atoms with Crippen LogP contribution >= 0.6 is 0 Å². The van der Waals surface area contributed by atoms with E-state index in [1.165, 1.54) is 33.3 Å². The summed E-state index contributed by atoms with van der Waals surface area (Å²) in [7, 11) is 0. The molecule has 0 amide bonds. The first-order valence-electron chi connectivity index (χ1n) is 10.4. The Kier molecular flexibility index (Phi) is 4.41. The van der Waals surface area contributed by atoms with E-state index in [1.54, 1.807) is 0 Å². The summed E-state index contributed by atoms with van der Waals surface area (Å²) in [5.41, 5.74) is 7.04. The van der Waals surface area contributed by atoms with Crippen LogP contribution in [0, 0.1) is 13.8 Å². The van der Waals surface area contributed by atoms with Gasteiger partial charge in [0.15, 0.2) is 0 Å². The average Bonchev–Trinajstić information content (AvgIpc) is 3.27. The normalized spacial score (nSPS) is 22.1. The molecule has 4 heteroatoms. The molecule has 0 bridgehead atoms. The summed E-state index contributed by atoms with van der Waals surface area (Å²) in [5.74, 6) is 0.955. The van der Waals surface area contributed by atoms with Gasteiger partial charge in [-0.2, -0.15) is 0 Å². The van der Waals surface area contributed by atoms with Crippen molar-refractivity contribution in [3.63, 3.8) is 0 Å². The van der Waals surface area contributed by atoms with Crippen molar-refractivity contribution in [1.29, 1.82) is 0 Å². The molecule has 1 atom stereocenters. The van der Waals surface area contributed by atoms with Crippen molar-refractivity contribution >= 4 is 10.9 Å². The van der Waals surface area contributed by atoms with Crippen molar-refractivity contribution in [3.8, 4) is 5.75 Å². The molecular weight excluding hydrogens is 346 g/mol. The first-order valence-corrected chi connectivity index (χ1v) is 10.4. The van der Waals surface area contributed by atoms with Crippen LogP contribution in [-0.4, -0.2) is 42.7 Å². The van der Waals surface area contributed by atoms with Crippen molar-refractivity contribution in [2.75, 3.05) is 32.8 Å². The number of likely N-dealkylation sites (tertiary alicyclic amines) is 1. The van der Waals surface area contributed by atoms with Crippen molar-refractivity contribution in [2.45, 2.75) is 32.2 Å². The minimum Gasteiger partial charge on any atom is -0.492 e. The number of hydrogen-bond acceptors (Lipinski definition) is 3. The number of aryl methyl sites for hydroxylation is 2. The van der Waals surface area contributed by atoms with Crippen molar-refractivity contribution in [2.24, 2.45) is 0 Å². The van der Waals surface area contributed by atoms with E-state index in [0.29, 0.717) is 0 Å². The van der Waals surface area contributed by atoms with Gasteiger partial charge in [-0.3, -0.25) is 4.90 Å². The van der Waals surface area contributed by atoms with Gasteiger partial charge >= 0.3 is 0 Å². The third kappa shape index (κ3) is 3.01. The number of ether oxygens (including phenoxy) is 1. The summed E-state index contributed by atoms with van der Waals surface area (Å²) in [6.07, 6.45) is 2.26. The highest BCUT2D eigenvalue weighted by atomic mass is 16.5. The number of nitrogens with zero attached hydrogens (tertiary/aromatic N) is 1. The summed E-state index contributed by atoms with van der Waals surface area (Å²) in [6, 6.07) is 14.8. The average molecular weight is 376 g/mol. The minimum atomic E-state index is 0.0553. The van der Waals surface area contributed by atoms with Crippen LogP contribution in [0.15, 0.2) is 42.5 Å². The van der Waals surface area contributed by atoms with Crippen LogP contribution in [0.2, 0.25) is 0 Å². The summed E-state index contributed by atoms with van der Waals surface area (Å²) < 4.78 is 5.92. The lowest BCUT2D eigenvalue weighted by atomic mass is 9.86. The maximum absolute atomic E-state index is 5.92. The molecule has 1 unspecified atom stereocenters. The summed E-state index contributed by atoms with van der Waals surface area (Å²) >= 11 is 0. The molecule has 3 heterocycles. The lowest BCUT2D eigenvalue weighted by Gasteiger charge is -2.35. The van der Waals surface area contributed by atoms with Gasteiger partial charge in [0, 0.05) is 42.8 Å². The van der Waals surface area contributed by atoms with Crippen molar-refractivity contribution < 1.29 is 4.74 Å². The molecule has 1 fully saturated rings. The summed E-state index contributed by atoms with van der Waals surface area (Å²) in [4.78, 5) is 6.36. The van der Waals surface area contributed by atoms with Crippen LogP contribution in [0.4, 0.5) is 0 Å². The van der Waals surface area contributed by atoms with E-state index >= 15 is 0 Å². The molecule has 28 heavy (non-hydrogen) atoms. The maximum Gasteiger partial charge on any atom is 0.119 e. The Morgan fingerprint density at radius 1 is 1.14 bits per heavy atom. The fourth-order valence-corrected chi connectivity index (χ4v) is 5.13. The van der Waals surface area contributed by atoms with Crippen LogP contribution in [0.1, 0.15) is 28.8 Å². The number of aromatic amines is 1. The Bertz CT molecular complexity index is 994. The topological polar surface area (TPSA) is 40.3 Å². The molecule has 1 saturated heterocycles. The zero-order chi connectivity index (χ0) is 19.1. The Balaban J connectivity index is 1.35. The van der Waals surface area contributed by atoms with Gasteiger partial charge in [-0.1, -0.05) is 29.8 Å². The third-order valence-electron chi connectivity index (χ3n) is 6.44. The van der Waals surface area contributed by atoms with Crippen LogP contribution in [0.3, 0.4) is 0 Å². The molecule has 2 aliphatic rings. The molecular formula is C24H29N3O. The number of H-pyrrole nitrogens is 1. The van der Waals surface area contributed by atoms with Crippen LogP contribution < -0.4 is 10.1 Å². The smallest absolute Gasteiger partial charge is 0.119 e. The fraction of sp³-hybridized carbons (Fsp3) is 0.417. The van der Waals surface area contributed by atoms with Gasteiger partial charge in [-0.05, 0) is 56.0 Å². The predicted octanol–water partition coefficient (Wildman–Crippen LogP) is 3.91. The second kappa shape index (κ2) is 6.94. The van der Waals surface area contributed by atoms with Crippen LogP contribution in [0.5, 0.6) is 5.75 Å². The monoisotopic (exact) mass is 375 g/mol. The van der Waals surface area contributed by atoms with Gasteiger partial charge in [-0.15, -0.1) is 0 Å². The highest BCUT2D eigenvalue weighted by Gasteiger charge is 2.44. The van der Waals surface area contributed by atoms with Crippen molar-refractivity contribution in [1.82, 2.24) is 15.2 Å². The lowest BCUT2D eigenvalue weighted by molar-refractivity contribution is 0.218. The second-order valence-electron chi connectivity index (χ2n) is 8.43. The molecule has 3 aromatic rings. The molecule has 1 aromatic heterocycles. The van der Waals surface area contributed by atoms with Gasteiger partial charge in [0.1, 0.15) is 12.4 Å². The predicted molar refractivity (Wildman–Crippen MR) is 114 cm³/mol. The quantitative estimate of drug-likeness (QED) is 0.726. The van der Waals surface area contributed by atoms with E-state index in [9.17, 15) is 0 Å². The largest absolute Gasteiger partial charge is 0.492 e. The number of fused-ring (bicyclic) bond motifs is 4. The number of hydrogen-bond donors (Lipinski definition) is 2. The Hall–Kier alpha value is -2.30. The van der Waals surface area contributed by atoms with E-state index in [-0.39, 0.29) is 5.54 Å².